The second-order valence-electron chi connectivity index (χ2n) is 2.49. The standard InChI is InChI=1S/C7H12N2O2/c1-9-4-6(8-5-9)7(11)2-3-10/h4-5,7,10-11H,2-3H2,1H3. The summed E-state index contributed by atoms with van der Waals surface area (Å²) in [6, 6.07) is 0. The molecule has 0 aliphatic heterocycles. The van der Waals surface area contributed by atoms with Crippen LogP contribution in [0.1, 0.15) is 18.2 Å². The SMILES string of the molecule is Cn1cnc(C(O)CCO)c1. The summed E-state index contributed by atoms with van der Waals surface area (Å²) in [7, 11) is 1.84. The topological polar surface area (TPSA) is 58.3 Å². The summed E-state index contributed by atoms with van der Waals surface area (Å²) in [4.78, 5) is 3.94. The van der Waals surface area contributed by atoms with E-state index >= 15 is 0 Å². The zero-order valence-electron chi connectivity index (χ0n) is 6.44. The van der Waals surface area contributed by atoms with E-state index in [2.05, 4.69) is 4.98 Å². The number of nitrogens with zero attached hydrogens (tertiary/aromatic N) is 2. The fourth-order valence-electron chi connectivity index (χ4n) is 0.875. The van der Waals surface area contributed by atoms with E-state index in [1.165, 1.54) is 0 Å². The van der Waals surface area contributed by atoms with Gasteiger partial charge in [-0.3, -0.25) is 0 Å². The van der Waals surface area contributed by atoms with Gasteiger partial charge >= 0.3 is 0 Å². The van der Waals surface area contributed by atoms with Crippen molar-refractivity contribution in [2.45, 2.75) is 12.5 Å². The van der Waals surface area contributed by atoms with E-state index in [9.17, 15) is 5.11 Å². The largest absolute Gasteiger partial charge is 0.396 e. The van der Waals surface area contributed by atoms with Crippen molar-refractivity contribution in [1.29, 1.82) is 0 Å². The van der Waals surface area contributed by atoms with Crippen molar-refractivity contribution in [1.82, 2.24) is 9.55 Å². The van der Waals surface area contributed by atoms with Gasteiger partial charge in [0, 0.05) is 26.3 Å². The molecule has 62 valence electrons. The molecule has 0 aromatic carbocycles. The molecule has 0 amide bonds. The summed E-state index contributed by atoms with van der Waals surface area (Å²) < 4.78 is 1.76. The molecule has 0 saturated heterocycles. The van der Waals surface area contributed by atoms with Gasteiger partial charge in [-0.1, -0.05) is 0 Å². The average molecular weight is 156 g/mol. The van der Waals surface area contributed by atoms with Crippen LogP contribution in [0.15, 0.2) is 12.5 Å². The first kappa shape index (κ1) is 8.23. The summed E-state index contributed by atoms with van der Waals surface area (Å²) >= 11 is 0. The third kappa shape index (κ3) is 2.03. The van der Waals surface area contributed by atoms with E-state index in [-0.39, 0.29) is 6.61 Å². The van der Waals surface area contributed by atoms with Gasteiger partial charge in [-0.05, 0) is 0 Å². The summed E-state index contributed by atoms with van der Waals surface area (Å²) in [6.07, 6.45) is 3.06. The monoisotopic (exact) mass is 156 g/mol. The molecule has 1 heterocycles. The van der Waals surface area contributed by atoms with Crippen LogP contribution in [0.4, 0.5) is 0 Å². The van der Waals surface area contributed by atoms with Crippen LogP contribution < -0.4 is 0 Å². The number of aryl methyl sites for hydroxylation is 1. The Kier molecular flexibility index (Phi) is 2.62. The average Bonchev–Trinajstić information content (AvgIpc) is 2.36. The molecule has 11 heavy (non-hydrogen) atoms. The van der Waals surface area contributed by atoms with Crippen LogP contribution in [0.25, 0.3) is 0 Å². The maximum Gasteiger partial charge on any atom is 0.0997 e. The lowest BCUT2D eigenvalue weighted by Gasteiger charge is -2.03. The summed E-state index contributed by atoms with van der Waals surface area (Å²) in [5.74, 6) is 0. The van der Waals surface area contributed by atoms with Crippen molar-refractivity contribution in [3.63, 3.8) is 0 Å². The Labute approximate surface area is 65.1 Å². The Balaban J connectivity index is 2.60. The van der Waals surface area contributed by atoms with Gasteiger partial charge < -0.3 is 14.8 Å². The van der Waals surface area contributed by atoms with Gasteiger partial charge in [0.05, 0.1) is 18.1 Å². The zero-order valence-corrected chi connectivity index (χ0v) is 6.44. The molecule has 0 aliphatic carbocycles. The van der Waals surface area contributed by atoms with Crippen LogP contribution in [0.5, 0.6) is 0 Å². The molecule has 1 unspecified atom stereocenters. The minimum absolute atomic E-state index is 0.0161. The van der Waals surface area contributed by atoms with Crippen molar-refractivity contribution in [2.24, 2.45) is 7.05 Å². The van der Waals surface area contributed by atoms with Gasteiger partial charge in [0.15, 0.2) is 0 Å². The fourth-order valence-corrected chi connectivity index (χ4v) is 0.875. The van der Waals surface area contributed by atoms with E-state index in [0.29, 0.717) is 12.1 Å². The van der Waals surface area contributed by atoms with E-state index in [1.54, 1.807) is 17.1 Å². The van der Waals surface area contributed by atoms with Crippen molar-refractivity contribution < 1.29 is 10.2 Å². The summed E-state index contributed by atoms with van der Waals surface area (Å²) in [6.45, 7) is -0.0161. The quantitative estimate of drug-likeness (QED) is 0.639. The summed E-state index contributed by atoms with van der Waals surface area (Å²) in [5, 5.41) is 17.8. The smallest absolute Gasteiger partial charge is 0.0997 e. The number of rotatable bonds is 3. The molecule has 0 bridgehead atoms. The first-order chi connectivity index (χ1) is 5.24. The molecular weight excluding hydrogens is 144 g/mol. The van der Waals surface area contributed by atoms with Crippen LogP contribution in [0.3, 0.4) is 0 Å². The number of aliphatic hydroxyl groups is 2. The molecule has 0 radical (unpaired) electrons. The Morgan fingerprint density at radius 3 is 2.91 bits per heavy atom. The maximum atomic E-state index is 9.30. The molecule has 0 saturated carbocycles. The van der Waals surface area contributed by atoms with Crippen molar-refractivity contribution in [2.75, 3.05) is 6.61 Å². The lowest BCUT2D eigenvalue weighted by molar-refractivity contribution is 0.131. The van der Waals surface area contributed by atoms with Crippen LogP contribution >= 0.6 is 0 Å². The molecular formula is C7H12N2O2. The Morgan fingerprint density at radius 1 is 1.73 bits per heavy atom. The van der Waals surface area contributed by atoms with Crippen LogP contribution in [-0.2, 0) is 7.05 Å². The lowest BCUT2D eigenvalue weighted by Crippen LogP contribution is -2.00. The Morgan fingerprint density at radius 2 is 2.45 bits per heavy atom. The number of hydrogen-bond donors (Lipinski definition) is 2. The van der Waals surface area contributed by atoms with Gasteiger partial charge in [-0.2, -0.15) is 0 Å². The number of hydrogen-bond acceptors (Lipinski definition) is 3. The highest BCUT2D eigenvalue weighted by Gasteiger charge is 2.08. The molecule has 0 aliphatic rings. The minimum Gasteiger partial charge on any atom is -0.396 e. The second-order valence-corrected chi connectivity index (χ2v) is 2.49. The minimum atomic E-state index is -0.638. The first-order valence-corrected chi connectivity index (χ1v) is 3.51. The van der Waals surface area contributed by atoms with Gasteiger partial charge in [0.2, 0.25) is 0 Å². The van der Waals surface area contributed by atoms with Gasteiger partial charge in [-0.15, -0.1) is 0 Å². The van der Waals surface area contributed by atoms with Gasteiger partial charge in [-0.25, -0.2) is 4.98 Å². The Bertz CT molecular complexity index is 222. The van der Waals surface area contributed by atoms with E-state index in [1.807, 2.05) is 7.05 Å². The van der Waals surface area contributed by atoms with E-state index < -0.39 is 6.10 Å². The molecule has 0 spiro atoms. The molecule has 1 aromatic rings. The third-order valence-electron chi connectivity index (χ3n) is 1.47. The third-order valence-corrected chi connectivity index (χ3v) is 1.47. The number of aliphatic hydroxyl groups excluding tert-OH is 2. The van der Waals surface area contributed by atoms with Crippen LogP contribution in [0, 0.1) is 0 Å². The van der Waals surface area contributed by atoms with Crippen LogP contribution in [-0.4, -0.2) is 26.4 Å². The van der Waals surface area contributed by atoms with Crippen molar-refractivity contribution >= 4 is 0 Å². The highest BCUT2D eigenvalue weighted by molar-refractivity contribution is 5.00. The molecule has 1 atom stereocenters. The van der Waals surface area contributed by atoms with Gasteiger partial charge in [0.1, 0.15) is 0 Å². The molecule has 1 rings (SSSR count). The molecule has 1 aromatic heterocycles. The lowest BCUT2D eigenvalue weighted by atomic mass is 10.2. The van der Waals surface area contributed by atoms with E-state index in [4.69, 9.17) is 5.11 Å². The molecule has 2 N–H and O–H groups in total. The highest BCUT2D eigenvalue weighted by Crippen LogP contribution is 2.12. The highest BCUT2D eigenvalue weighted by atomic mass is 16.3. The fraction of sp³-hybridized carbons (Fsp3) is 0.571. The van der Waals surface area contributed by atoms with Crippen LogP contribution in [0.2, 0.25) is 0 Å². The Hall–Kier alpha value is -0.870. The maximum absolute atomic E-state index is 9.30. The molecule has 4 nitrogen and oxygen atoms in total. The van der Waals surface area contributed by atoms with Crippen molar-refractivity contribution in [3.05, 3.63) is 18.2 Å². The predicted octanol–water partition coefficient (Wildman–Crippen LogP) is -0.164. The predicted molar refractivity (Wildman–Crippen MR) is 39.9 cm³/mol. The van der Waals surface area contributed by atoms with E-state index in [0.717, 1.165) is 0 Å². The normalized spacial score (nSPS) is 13.4. The number of imidazole rings is 1. The first-order valence-electron chi connectivity index (χ1n) is 3.51. The number of aromatic nitrogens is 2. The van der Waals surface area contributed by atoms with Crippen molar-refractivity contribution in [3.8, 4) is 0 Å². The second kappa shape index (κ2) is 3.50. The molecule has 4 heteroatoms. The summed E-state index contributed by atoms with van der Waals surface area (Å²) in [5.41, 5.74) is 0.613. The van der Waals surface area contributed by atoms with Gasteiger partial charge in [0.25, 0.3) is 0 Å². The molecule has 0 fully saturated rings. The zero-order chi connectivity index (χ0) is 8.27.